The third-order valence-electron chi connectivity index (χ3n) is 3.05. The van der Waals surface area contributed by atoms with Crippen LogP contribution in [-0.2, 0) is 10.9 Å². The molecule has 2 rings (SSSR count). The maximum Gasteiger partial charge on any atom is 0.416 e. The second-order valence-corrected chi connectivity index (χ2v) is 5.79. The van der Waals surface area contributed by atoms with Crippen LogP contribution in [0.15, 0.2) is 18.2 Å². The molecule has 110 valence electrons. The van der Waals surface area contributed by atoms with Crippen molar-refractivity contribution in [3.63, 3.8) is 0 Å². The van der Waals surface area contributed by atoms with E-state index in [-0.39, 0.29) is 17.6 Å². The molecule has 3 nitrogen and oxygen atoms in total. The number of hydrogen-bond donors (Lipinski definition) is 0. The first kappa shape index (κ1) is 15.6. The normalized spacial score (nSPS) is 20.1. The zero-order valence-corrected chi connectivity index (χ0v) is 12.9. The highest BCUT2D eigenvalue weighted by molar-refractivity contribution is 14.1. The first-order chi connectivity index (χ1) is 9.29. The lowest BCUT2D eigenvalue weighted by Crippen LogP contribution is -2.44. The molecule has 0 saturated carbocycles. The van der Waals surface area contributed by atoms with Crippen LogP contribution in [0.1, 0.15) is 22.8 Å². The summed E-state index contributed by atoms with van der Waals surface area (Å²) in [6, 6.07) is 3.23. The summed E-state index contributed by atoms with van der Waals surface area (Å²) in [4.78, 5) is 13.9. The minimum absolute atomic E-state index is 0.0922. The largest absolute Gasteiger partial charge is 0.416 e. The van der Waals surface area contributed by atoms with Gasteiger partial charge >= 0.3 is 6.18 Å². The van der Waals surface area contributed by atoms with E-state index in [2.05, 4.69) is 0 Å². The molecule has 1 aliphatic rings. The molecule has 0 unspecified atom stereocenters. The zero-order chi connectivity index (χ0) is 14.9. The van der Waals surface area contributed by atoms with Crippen LogP contribution in [-0.4, -0.2) is 36.6 Å². The van der Waals surface area contributed by atoms with Crippen LogP contribution in [0.2, 0.25) is 0 Å². The number of rotatable bonds is 1. The van der Waals surface area contributed by atoms with Gasteiger partial charge in [0.15, 0.2) is 0 Å². The van der Waals surface area contributed by atoms with E-state index in [0.29, 0.717) is 23.3 Å². The Hall–Kier alpha value is -0.830. The van der Waals surface area contributed by atoms with Crippen LogP contribution in [0, 0.1) is 3.57 Å². The Morgan fingerprint density at radius 3 is 2.75 bits per heavy atom. The molecule has 0 bridgehead atoms. The van der Waals surface area contributed by atoms with Crippen LogP contribution in [0.5, 0.6) is 0 Å². The number of benzene rings is 1. The Kier molecular flexibility index (Phi) is 4.58. The fraction of sp³-hybridized carbons (Fsp3) is 0.462. The number of alkyl halides is 3. The van der Waals surface area contributed by atoms with Gasteiger partial charge in [-0.2, -0.15) is 13.2 Å². The molecule has 20 heavy (non-hydrogen) atoms. The van der Waals surface area contributed by atoms with E-state index < -0.39 is 11.7 Å². The smallest absolute Gasteiger partial charge is 0.375 e. The number of carbonyl (C=O) groups excluding carboxylic acids is 1. The van der Waals surface area contributed by atoms with Crippen molar-refractivity contribution in [1.82, 2.24) is 4.90 Å². The van der Waals surface area contributed by atoms with Crippen molar-refractivity contribution in [2.24, 2.45) is 0 Å². The van der Waals surface area contributed by atoms with E-state index in [1.165, 1.54) is 11.0 Å². The molecular weight excluding hydrogens is 386 g/mol. The van der Waals surface area contributed by atoms with E-state index in [1.807, 2.05) is 29.5 Å². The number of nitrogens with zero attached hydrogens (tertiary/aromatic N) is 1. The molecule has 1 aliphatic heterocycles. The molecule has 1 amide bonds. The molecule has 7 heteroatoms. The summed E-state index contributed by atoms with van der Waals surface area (Å²) >= 11 is 1.88. The van der Waals surface area contributed by atoms with Gasteiger partial charge in [0.05, 0.1) is 23.8 Å². The van der Waals surface area contributed by atoms with Gasteiger partial charge in [0.25, 0.3) is 5.91 Å². The highest BCUT2D eigenvalue weighted by Gasteiger charge is 2.32. The lowest BCUT2D eigenvalue weighted by Gasteiger charge is -2.31. The third kappa shape index (κ3) is 3.43. The maximum atomic E-state index is 12.7. The standard InChI is InChI=1S/C13H13F3INO2/c1-8-7-18(4-5-20-8)12(19)10-6-9(13(14,15)16)2-3-11(10)17/h2-3,6,8H,4-5,7H2,1H3/t8-/m0/s1. The second-order valence-electron chi connectivity index (χ2n) is 4.62. The third-order valence-corrected chi connectivity index (χ3v) is 3.99. The minimum Gasteiger partial charge on any atom is -0.375 e. The molecule has 1 aromatic rings. The molecule has 0 aliphatic carbocycles. The number of halogens is 4. The van der Waals surface area contributed by atoms with Gasteiger partial charge in [-0.05, 0) is 47.7 Å². The summed E-state index contributed by atoms with van der Waals surface area (Å²) in [5.41, 5.74) is -0.711. The van der Waals surface area contributed by atoms with Gasteiger partial charge in [-0.15, -0.1) is 0 Å². The molecule has 1 fully saturated rings. The number of hydrogen-bond acceptors (Lipinski definition) is 2. The van der Waals surface area contributed by atoms with Crippen molar-refractivity contribution < 1.29 is 22.7 Å². The van der Waals surface area contributed by atoms with Crippen molar-refractivity contribution in [3.8, 4) is 0 Å². The Morgan fingerprint density at radius 1 is 1.45 bits per heavy atom. The van der Waals surface area contributed by atoms with Crippen molar-refractivity contribution in [2.45, 2.75) is 19.2 Å². The summed E-state index contributed by atoms with van der Waals surface area (Å²) < 4.78 is 44.0. The molecule has 0 spiro atoms. The van der Waals surface area contributed by atoms with E-state index >= 15 is 0 Å². The Balaban J connectivity index is 2.29. The molecule has 1 saturated heterocycles. The molecular formula is C13H13F3INO2. The quantitative estimate of drug-likeness (QED) is 0.680. The van der Waals surface area contributed by atoms with Crippen LogP contribution in [0.25, 0.3) is 0 Å². The summed E-state index contributed by atoms with van der Waals surface area (Å²) in [6.45, 7) is 3.03. The van der Waals surface area contributed by atoms with Gasteiger partial charge in [0.1, 0.15) is 0 Å². The highest BCUT2D eigenvalue weighted by Crippen LogP contribution is 2.31. The molecule has 0 N–H and O–H groups in total. The first-order valence-corrected chi connectivity index (χ1v) is 7.14. The molecule has 1 atom stereocenters. The summed E-state index contributed by atoms with van der Waals surface area (Å²) in [5, 5.41) is 0. The van der Waals surface area contributed by atoms with Crippen molar-refractivity contribution in [2.75, 3.05) is 19.7 Å². The van der Waals surface area contributed by atoms with Crippen molar-refractivity contribution >= 4 is 28.5 Å². The zero-order valence-electron chi connectivity index (χ0n) is 10.7. The van der Waals surface area contributed by atoms with Gasteiger partial charge in [0.2, 0.25) is 0 Å². The minimum atomic E-state index is -4.45. The second kappa shape index (κ2) is 5.88. The predicted octanol–water partition coefficient (Wildman–Crippen LogP) is 3.17. The Morgan fingerprint density at radius 2 is 2.15 bits per heavy atom. The van der Waals surface area contributed by atoms with Gasteiger partial charge < -0.3 is 9.64 Å². The van der Waals surface area contributed by atoms with Gasteiger partial charge in [-0.1, -0.05) is 0 Å². The predicted molar refractivity (Wildman–Crippen MR) is 75.5 cm³/mol. The van der Waals surface area contributed by atoms with Crippen LogP contribution >= 0.6 is 22.6 Å². The number of morpholine rings is 1. The number of carbonyl (C=O) groups is 1. The fourth-order valence-corrected chi connectivity index (χ4v) is 2.60. The van der Waals surface area contributed by atoms with Crippen LogP contribution in [0.3, 0.4) is 0 Å². The molecule has 0 radical (unpaired) electrons. The van der Waals surface area contributed by atoms with Gasteiger partial charge in [0, 0.05) is 16.7 Å². The summed E-state index contributed by atoms with van der Waals surface area (Å²) in [6.07, 6.45) is -4.55. The summed E-state index contributed by atoms with van der Waals surface area (Å²) in [7, 11) is 0. The average Bonchev–Trinajstić information content (AvgIpc) is 2.37. The summed E-state index contributed by atoms with van der Waals surface area (Å²) in [5.74, 6) is -0.379. The SMILES string of the molecule is C[C@H]1CN(C(=O)c2cc(C(F)(F)F)ccc2I)CCO1. The lowest BCUT2D eigenvalue weighted by atomic mass is 10.1. The monoisotopic (exact) mass is 399 g/mol. The fourth-order valence-electron chi connectivity index (χ4n) is 2.04. The first-order valence-electron chi connectivity index (χ1n) is 6.06. The van der Waals surface area contributed by atoms with E-state index in [0.717, 1.165) is 12.1 Å². The molecule has 1 heterocycles. The van der Waals surface area contributed by atoms with E-state index in [1.54, 1.807) is 0 Å². The van der Waals surface area contributed by atoms with Gasteiger partial charge in [-0.25, -0.2) is 0 Å². The topological polar surface area (TPSA) is 29.5 Å². The maximum absolute atomic E-state index is 12.7. The van der Waals surface area contributed by atoms with Crippen molar-refractivity contribution in [3.05, 3.63) is 32.9 Å². The van der Waals surface area contributed by atoms with E-state index in [9.17, 15) is 18.0 Å². The Bertz CT molecular complexity index is 519. The Labute approximate surface area is 128 Å². The number of ether oxygens (including phenoxy) is 1. The van der Waals surface area contributed by atoms with Crippen molar-refractivity contribution in [1.29, 1.82) is 0 Å². The average molecular weight is 399 g/mol. The van der Waals surface area contributed by atoms with Crippen LogP contribution in [0.4, 0.5) is 13.2 Å². The highest BCUT2D eigenvalue weighted by atomic mass is 127. The lowest BCUT2D eigenvalue weighted by molar-refractivity contribution is -0.137. The van der Waals surface area contributed by atoms with Gasteiger partial charge in [-0.3, -0.25) is 4.79 Å². The van der Waals surface area contributed by atoms with E-state index in [4.69, 9.17) is 4.74 Å². The molecule has 1 aromatic carbocycles. The van der Waals surface area contributed by atoms with Crippen LogP contribution < -0.4 is 0 Å². The molecule has 0 aromatic heterocycles. The number of amides is 1.